The standard InChI is InChI=1S/C31H35N5OS/c1-30(2,3)24-16-12-22(13-17-24)20-32-33-27(37)21-38-29-35-34-28(36(29)26-10-8-7-9-11-26)23-14-18-25(19-15-23)31(4,5)6/h7-20H,21H2,1-6H3,(H,33,37)/b32-20+. The summed E-state index contributed by atoms with van der Waals surface area (Å²) in [4.78, 5) is 12.5. The number of amides is 1. The van der Waals surface area contributed by atoms with Gasteiger partial charge in [-0.2, -0.15) is 5.10 Å². The molecule has 196 valence electrons. The van der Waals surface area contributed by atoms with E-state index in [1.807, 2.05) is 47.0 Å². The molecule has 0 atom stereocenters. The molecule has 4 aromatic rings. The van der Waals surface area contributed by atoms with Gasteiger partial charge in [0.05, 0.1) is 12.0 Å². The summed E-state index contributed by atoms with van der Waals surface area (Å²) < 4.78 is 1.99. The molecule has 0 bridgehead atoms. The molecule has 6 nitrogen and oxygen atoms in total. The third-order valence-electron chi connectivity index (χ3n) is 6.17. The van der Waals surface area contributed by atoms with Crippen LogP contribution in [0.15, 0.2) is 89.1 Å². The third kappa shape index (κ3) is 6.78. The van der Waals surface area contributed by atoms with Crippen molar-refractivity contribution in [2.75, 3.05) is 5.75 Å². The van der Waals surface area contributed by atoms with Gasteiger partial charge in [0.25, 0.3) is 5.91 Å². The smallest absolute Gasteiger partial charge is 0.250 e. The van der Waals surface area contributed by atoms with Crippen LogP contribution in [0.1, 0.15) is 58.2 Å². The molecule has 0 fully saturated rings. The summed E-state index contributed by atoms with van der Waals surface area (Å²) in [5, 5.41) is 13.7. The second-order valence-corrected chi connectivity index (χ2v) is 12.2. The van der Waals surface area contributed by atoms with E-state index >= 15 is 0 Å². The molecule has 4 rings (SSSR count). The summed E-state index contributed by atoms with van der Waals surface area (Å²) >= 11 is 1.33. The summed E-state index contributed by atoms with van der Waals surface area (Å²) in [5.74, 6) is 0.682. The zero-order valence-electron chi connectivity index (χ0n) is 22.9. The fraction of sp³-hybridized carbons (Fsp3) is 0.290. The van der Waals surface area contributed by atoms with Crippen molar-refractivity contribution in [2.24, 2.45) is 5.10 Å². The topological polar surface area (TPSA) is 72.2 Å². The lowest BCUT2D eigenvalue weighted by atomic mass is 9.87. The van der Waals surface area contributed by atoms with Crippen LogP contribution in [-0.2, 0) is 15.6 Å². The number of aromatic nitrogens is 3. The van der Waals surface area contributed by atoms with Crippen molar-refractivity contribution in [3.8, 4) is 17.1 Å². The molecular formula is C31H35N5OS. The molecule has 0 aliphatic carbocycles. The highest BCUT2D eigenvalue weighted by molar-refractivity contribution is 7.99. The van der Waals surface area contributed by atoms with Crippen LogP contribution in [0.4, 0.5) is 0 Å². The van der Waals surface area contributed by atoms with Gasteiger partial charge >= 0.3 is 0 Å². The zero-order valence-corrected chi connectivity index (χ0v) is 23.7. The average molecular weight is 526 g/mol. The van der Waals surface area contributed by atoms with Crippen molar-refractivity contribution in [2.45, 2.75) is 57.5 Å². The minimum absolute atomic E-state index is 0.0678. The maximum absolute atomic E-state index is 12.5. The third-order valence-corrected chi connectivity index (χ3v) is 7.10. The fourth-order valence-electron chi connectivity index (χ4n) is 3.89. The van der Waals surface area contributed by atoms with Gasteiger partial charge in [-0.15, -0.1) is 10.2 Å². The molecule has 0 unspecified atom stereocenters. The highest BCUT2D eigenvalue weighted by Crippen LogP contribution is 2.30. The van der Waals surface area contributed by atoms with E-state index in [1.165, 1.54) is 22.9 Å². The van der Waals surface area contributed by atoms with Gasteiger partial charge in [0.1, 0.15) is 0 Å². The van der Waals surface area contributed by atoms with Gasteiger partial charge in [-0.25, -0.2) is 5.43 Å². The van der Waals surface area contributed by atoms with Crippen molar-refractivity contribution in [3.05, 3.63) is 95.6 Å². The van der Waals surface area contributed by atoms with Crippen molar-refractivity contribution in [3.63, 3.8) is 0 Å². The summed E-state index contributed by atoms with van der Waals surface area (Å²) in [6.45, 7) is 13.1. The maximum atomic E-state index is 12.5. The second kappa shape index (κ2) is 11.4. The van der Waals surface area contributed by atoms with Crippen LogP contribution in [0.3, 0.4) is 0 Å². The Hall–Kier alpha value is -3.71. The predicted molar refractivity (Wildman–Crippen MR) is 157 cm³/mol. The van der Waals surface area contributed by atoms with E-state index < -0.39 is 0 Å². The second-order valence-electron chi connectivity index (χ2n) is 11.3. The Morgan fingerprint density at radius 1 is 0.842 bits per heavy atom. The molecule has 0 saturated carbocycles. The quantitative estimate of drug-likeness (QED) is 0.164. The molecule has 0 saturated heterocycles. The van der Waals surface area contributed by atoms with Gasteiger partial charge in [-0.05, 0) is 39.7 Å². The average Bonchev–Trinajstić information content (AvgIpc) is 3.31. The number of carbonyl (C=O) groups excluding carboxylic acids is 1. The lowest BCUT2D eigenvalue weighted by molar-refractivity contribution is -0.118. The Morgan fingerprint density at radius 3 is 2.00 bits per heavy atom. The molecule has 0 spiro atoms. The SMILES string of the molecule is CC(C)(C)c1ccc(/C=N/NC(=O)CSc2nnc(-c3ccc(C(C)(C)C)cc3)n2-c2ccccc2)cc1. The molecule has 1 amide bonds. The molecular weight excluding hydrogens is 490 g/mol. The van der Waals surface area contributed by atoms with Gasteiger partial charge in [-0.1, -0.05) is 120 Å². The Labute approximate surface area is 229 Å². The monoisotopic (exact) mass is 525 g/mol. The first kappa shape index (κ1) is 27.3. The van der Waals surface area contributed by atoms with Crippen LogP contribution < -0.4 is 5.43 Å². The van der Waals surface area contributed by atoms with E-state index in [1.54, 1.807) is 6.21 Å². The molecule has 7 heteroatoms. The number of nitrogens with zero attached hydrogens (tertiary/aromatic N) is 4. The van der Waals surface area contributed by atoms with Crippen LogP contribution >= 0.6 is 11.8 Å². The van der Waals surface area contributed by atoms with Crippen LogP contribution in [0.2, 0.25) is 0 Å². The summed E-state index contributed by atoms with van der Waals surface area (Å²) in [5.41, 5.74) is 8.11. The van der Waals surface area contributed by atoms with E-state index in [4.69, 9.17) is 0 Å². The van der Waals surface area contributed by atoms with Crippen LogP contribution in [0.25, 0.3) is 17.1 Å². The number of carbonyl (C=O) groups is 1. The molecule has 1 aromatic heterocycles. The number of hydrazone groups is 1. The van der Waals surface area contributed by atoms with Gasteiger partial charge in [0.2, 0.25) is 0 Å². The number of nitrogens with one attached hydrogen (secondary N) is 1. The lowest BCUT2D eigenvalue weighted by Gasteiger charge is -2.19. The van der Waals surface area contributed by atoms with Crippen LogP contribution in [0.5, 0.6) is 0 Å². The minimum Gasteiger partial charge on any atom is -0.272 e. The van der Waals surface area contributed by atoms with E-state index in [2.05, 4.69) is 98.7 Å². The fourth-order valence-corrected chi connectivity index (χ4v) is 4.63. The first-order valence-electron chi connectivity index (χ1n) is 12.7. The number of hydrogen-bond donors (Lipinski definition) is 1. The highest BCUT2D eigenvalue weighted by Gasteiger charge is 2.19. The number of para-hydroxylation sites is 1. The maximum Gasteiger partial charge on any atom is 0.250 e. The Morgan fingerprint density at radius 2 is 1.42 bits per heavy atom. The van der Waals surface area contributed by atoms with E-state index in [-0.39, 0.29) is 22.5 Å². The van der Waals surface area contributed by atoms with E-state index in [0.29, 0.717) is 5.16 Å². The number of benzene rings is 3. The van der Waals surface area contributed by atoms with Gasteiger partial charge in [-0.3, -0.25) is 9.36 Å². The Balaban J connectivity index is 1.47. The summed E-state index contributed by atoms with van der Waals surface area (Å²) in [6, 6.07) is 26.5. The Kier molecular flexibility index (Phi) is 8.17. The van der Waals surface area contributed by atoms with Crippen LogP contribution in [-0.4, -0.2) is 32.6 Å². The predicted octanol–water partition coefficient (Wildman–Crippen LogP) is 6.77. The molecule has 0 aliphatic rings. The van der Waals surface area contributed by atoms with Crippen molar-refractivity contribution < 1.29 is 4.79 Å². The minimum atomic E-state index is -0.212. The van der Waals surface area contributed by atoms with Crippen LogP contribution in [0, 0.1) is 0 Å². The first-order valence-corrected chi connectivity index (χ1v) is 13.7. The summed E-state index contributed by atoms with van der Waals surface area (Å²) in [6.07, 6.45) is 1.65. The number of thioether (sulfide) groups is 1. The summed E-state index contributed by atoms with van der Waals surface area (Å²) in [7, 11) is 0. The van der Waals surface area contributed by atoms with Gasteiger partial charge in [0.15, 0.2) is 11.0 Å². The number of hydrogen-bond acceptors (Lipinski definition) is 5. The largest absolute Gasteiger partial charge is 0.272 e. The zero-order chi connectivity index (χ0) is 27.3. The van der Waals surface area contributed by atoms with E-state index in [9.17, 15) is 4.79 Å². The number of rotatable bonds is 7. The molecule has 1 heterocycles. The van der Waals surface area contributed by atoms with Crippen molar-refractivity contribution >= 4 is 23.9 Å². The first-order chi connectivity index (χ1) is 18.0. The van der Waals surface area contributed by atoms with Gasteiger partial charge in [0, 0.05) is 11.3 Å². The van der Waals surface area contributed by atoms with Crippen molar-refractivity contribution in [1.29, 1.82) is 0 Å². The Bertz CT molecular complexity index is 1390. The van der Waals surface area contributed by atoms with Gasteiger partial charge < -0.3 is 0 Å². The molecule has 3 aromatic carbocycles. The molecule has 0 aliphatic heterocycles. The molecule has 1 N–H and O–H groups in total. The molecule has 0 radical (unpaired) electrons. The van der Waals surface area contributed by atoms with E-state index in [0.717, 1.165) is 22.6 Å². The molecule has 38 heavy (non-hydrogen) atoms. The van der Waals surface area contributed by atoms with Crippen molar-refractivity contribution in [1.82, 2.24) is 20.2 Å². The lowest BCUT2D eigenvalue weighted by Crippen LogP contribution is -2.20. The highest BCUT2D eigenvalue weighted by atomic mass is 32.2. The normalized spacial score (nSPS) is 12.2.